The number of nitrogens with zero attached hydrogens (tertiary/aromatic N) is 1. The molecular weight excluding hydrogens is 374 g/mol. The first kappa shape index (κ1) is 21.1. The summed E-state index contributed by atoms with van der Waals surface area (Å²) in [6, 6.07) is 22.9. The van der Waals surface area contributed by atoms with Crippen molar-refractivity contribution in [2.45, 2.75) is 20.4 Å². The Morgan fingerprint density at radius 3 is 2.40 bits per heavy atom. The standard InChI is InChI=1S/C25H27N3O2/c1-18-9-7-14-23(19(18)2)27-24(29)16-26-22-13-8-12-21(15-22)25(30)28(3)17-20-10-5-4-6-11-20/h4-15,26H,16-17H2,1-3H3,(H,27,29). The highest BCUT2D eigenvalue weighted by Gasteiger charge is 2.13. The van der Waals surface area contributed by atoms with Crippen LogP contribution in [0.5, 0.6) is 0 Å². The van der Waals surface area contributed by atoms with Crippen LogP contribution >= 0.6 is 0 Å². The minimum absolute atomic E-state index is 0.0673. The van der Waals surface area contributed by atoms with Crippen molar-refractivity contribution in [1.29, 1.82) is 0 Å². The zero-order valence-corrected chi connectivity index (χ0v) is 17.6. The fraction of sp³-hybridized carbons (Fsp3) is 0.200. The van der Waals surface area contributed by atoms with Gasteiger partial charge in [-0.05, 0) is 54.8 Å². The molecule has 0 fully saturated rings. The molecule has 30 heavy (non-hydrogen) atoms. The van der Waals surface area contributed by atoms with E-state index in [-0.39, 0.29) is 18.4 Å². The topological polar surface area (TPSA) is 61.4 Å². The van der Waals surface area contributed by atoms with Gasteiger partial charge in [-0.3, -0.25) is 9.59 Å². The number of amides is 2. The first-order valence-electron chi connectivity index (χ1n) is 9.93. The van der Waals surface area contributed by atoms with E-state index in [1.54, 1.807) is 24.1 Å². The fourth-order valence-electron chi connectivity index (χ4n) is 3.17. The lowest BCUT2D eigenvalue weighted by Crippen LogP contribution is -2.26. The van der Waals surface area contributed by atoms with Crippen LogP contribution in [0.25, 0.3) is 0 Å². The number of nitrogens with one attached hydrogen (secondary N) is 2. The van der Waals surface area contributed by atoms with Crippen molar-refractivity contribution >= 4 is 23.2 Å². The van der Waals surface area contributed by atoms with E-state index in [1.807, 2.05) is 74.5 Å². The van der Waals surface area contributed by atoms with E-state index in [4.69, 9.17) is 0 Å². The minimum atomic E-state index is -0.137. The van der Waals surface area contributed by atoms with Crippen LogP contribution in [-0.2, 0) is 11.3 Å². The molecule has 0 aromatic heterocycles. The third-order valence-corrected chi connectivity index (χ3v) is 5.05. The second-order valence-corrected chi connectivity index (χ2v) is 7.38. The molecule has 2 N–H and O–H groups in total. The molecule has 5 heteroatoms. The summed E-state index contributed by atoms with van der Waals surface area (Å²) in [5.74, 6) is -0.205. The number of benzene rings is 3. The van der Waals surface area contributed by atoms with Gasteiger partial charge in [0.1, 0.15) is 0 Å². The average molecular weight is 402 g/mol. The summed E-state index contributed by atoms with van der Waals surface area (Å²) >= 11 is 0. The van der Waals surface area contributed by atoms with E-state index < -0.39 is 0 Å². The van der Waals surface area contributed by atoms with E-state index in [9.17, 15) is 9.59 Å². The lowest BCUT2D eigenvalue weighted by molar-refractivity contribution is -0.114. The van der Waals surface area contributed by atoms with Crippen LogP contribution in [0.1, 0.15) is 27.0 Å². The number of carbonyl (C=O) groups is 2. The Balaban J connectivity index is 1.59. The maximum Gasteiger partial charge on any atom is 0.253 e. The molecule has 0 unspecified atom stereocenters. The average Bonchev–Trinajstić information content (AvgIpc) is 2.76. The van der Waals surface area contributed by atoms with Crippen molar-refractivity contribution < 1.29 is 9.59 Å². The van der Waals surface area contributed by atoms with Gasteiger partial charge in [-0.25, -0.2) is 0 Å². The van der Waals surface area contributed by atoms with Gasteiger partial charge in [0.2, 0.25) is 5.91 Å². The van der Waals surface area contributed by atoms with Gasteiger partial charge in [0.05, 0.1) is 6.54 Å². The predicted octanol–water partition coefficient (Wildman–Crippen LogP) is 4.63. The maximum atomic E-state index is 12.8. The quantitative estimate of drug-likeness (QED) is 0.607. The Morgan fingerprint density at radius 1 is 0.900 bits per heavy atom. The second-order valence-electron chi connectivity index (χ2n) is 7.38. The number of carbonyl (C=O) groups excluding carboxylic acids is 2. The molecule has 0 heterocycles. The summed E-state index contributed by atoms with van der Waals surface area (Å²) in [6.07, 6.45) is 0. The van der Waals surface area contributed by atoms with Gasteiger partial charge in [-0.1, -0.05) is 48.5 Å². The highest BCUT2D eigenvalue weighted by molar-refractivity contribution is 5.96. The third kappa shape index (κ3) is 5.47. The second kappa shape index (κ2) is 9.74. The van der Waals surface area contributed by atoms with Gasteiger partial charge in [0.15, 0.2) is 0 Å². The van der Waals surface area contributed by atoms with Crippen molar-refractivity contribution in [3.8, 4) is 0 Å². The number of anilines is 2. The van der Waals surface area contributed by atoms with Crippen molar-refractivity contribution in [2.24, 2.45) is 0 Å². The summed E-state index contributed by atoms with van der Waals surface area (Å²) < 4.78 is 0. The van der Waals surface area contributed by atoms with Crippen molar-refractivity contribution in [2.75, 3.05) is 24.2 Å². The Bertz CT molecular complexity index is 1030. The molecule has 3 aromatic rings. The number of hydrogen-bond acceptors (Lipinski definition) is 3. The molecule has 0 bridgehead atoms. The Kier molecular flexibility index (Phi) is 6.86. The summed E-state index contributed by atoms with van der Waals surface area (Å²) in [5.41, 5.74) is 5.38. The van der Waals surface area contributed by atoms with Crippen molar-refractivity contribution in [1.82, 2.24) is 4.90 Å². The van der Waals surface area contributed by atoms with Crippen LogP contribution in [0.3, 0.4) is 0 Å². The summed E-state index contributed by atoms with van der Waals surface area (Å²) in [6.45, 7) is 4.65. The fourth-order valence-corrected chi connectivity index (χ4v) is 3.17. The van der Waals surface area contributed by atoms with Gasteiger partial charge in [-0.15, -0.1) is 0 Å². The zero-order valence-electron chi connectivity index (χ0n) is 17.6. The molecule has 2 amide bonds. The van der Waals surface area contributed by atoms with Gasteiger partial charge in [0, 0.05) is 30.5 Å². The molecule has 0 aliphatic heterocycles. The van der Waals surface area contributed by atoms with Crippen molar-refractivity contribution in [3.63, 3.8) is 0 Å². The Hall–Kier alpha value is -3.60. The molecule has 0 spiro atoms. The number of hydrogen-bond donors (Lipinski definition) is 2. The molecule has 0 aliphatic carbocycles. The molecule has 0 saturated carbocycles. The summed E-state index contributed by atoms with van der Waals surface area (Å²) in [4.78, 5) is 26.8. The Labute approximate surface area is 177 Å². The van der Waals surface area contributed by atoms with Crippen LogP contribution in [0.2, 0.25) is 0 Å². The highest BCUT2D eigenvalue weighted by atomic mass is 16.2. The highest BCUT2D eigenvalue weighted by Crippen LogP contribution is 2.18. The molecule has 154 valence electrons. The van der Waals surface area contributed by atoms with Crippen LogP contribution in [-0.4, -0.2) is 30.3 Å². The van der Waals surface area contributed by atoms with E-state index in [1.165, 1.54) is 0 Å². The normalized spacial score (nSPS) is 10.4. The SMILES string of the molecule is Cc1cccc(NC(=O)CNc2cccc(C(=O)N(C)Cc3ccccc3)c2)c1C. The van der Waals surface area contributed by atoms with E-state index in [2.05, 4.69) is 10.6 Å². The van der Waals surface area contributed by atoms with Crippen LogP contribution in [0.4, 0.5) is 11.4 Å². The summed E-state index contributed by atoms with van der Waals surface area (Å²) in [5, 5.41) is 6.03. The maximum absolute atomic E-state index is 12.8. The zero-order chi connectivity index (χ0) is 21.5. The molecule has 0 atom stereocenters. The lowest BCUT2D eigenvalue weighted by atomic mass is 10.1. The van der Waals surface area contributed by atoms with E-state index in [0.717, 1.165) is 28.1 Å². The number of rotatable bonds is 7. The van der Waals surface area contributed by atoms with Gasteiger partial charge >= 0.3 is 0 Å². The molecule has 0 aliphatic rings. The molecule has 0 saturated heterocycles. The van der Waals surface area contributed by atoms with Gasteiger partial charge < -0.3 is 15.5 Å². The van der Waals surface area contributed by atoms with E-state index in [0.29, 0.717) is 12.1 Å². The van der Waals surface area contributed by atoms with Crippen LogP contribution in [0.15, 0.2) is 72.8 Å². The van der Waals surface area contributed by atoms with Crippen LogP contribution < -0.4 is 10.6 Å². The number of aryl methyl sites for hydroxylation is 1. The monoisotopic (exact) mass is 401 g/mol. The minimum Gasteiger partial charge on any atom is -0.376 e. The molecule has 3 rings (SSSR count). The predicted molar refractivity (Wildman–Crippen MR) is 122 cm³/mol. The lowest BCUT2D eigenvalue weighted by Gasteiger charge is -2.18. The van der Waals surface area contributed by atoms with Crippen LogP contribution in [0, 0.1) is 13.8 Å². The first-order valence-corrected chi connectivity index (χ1v) is 9.93. The smallest absolute Gasteiger partial charge is 0.253 e. The molecule has 0 radical (unpaired) electrons. The van der Waals surface area contributed by atoms with Gasteiger partial charge in [-0.2, -0.15) is 0 Å². The molecule has 3 aromatic carbocycles. The van der Waals surface area contributed by atoms with E-state index >= 15 is 0 Å². The largest absolute Gasteiger partial charge is 0.376 e. The third-order valence-electron chi connectivity index (χ3n) is 5.05. The first-order chi connectivity index (χ1) is 14.4. The molecular formula is C25H27N3O2. The molecule has 5 nitrogen and oxygen atoms in total. The van der Waals surface area contributed by atoms with Crippen molar-refractivity contribution in [3.05, 3.63) is 95.1 Å². The van der Waals surface area contributed by atoms with Gasteiger partial charge in [0.25, 0.3) is 5.91 Å². The Morgan fingerprint density at radius 2 is 1.63 bits per heavy atom. The summed E-state index contributed by atoms with van der Waals surface area (Å²) in [7, 11) is 1.78.